The molecule has 20 heavy (non-hydrogen) atoms. The number of sulfonamides is 1. The fraction of sp³-hybridized carbons (Fsp3) is 0.538. The van der Waals surface area contributed by atoms with Crippen LogP contribution in [0.3, 0.4) is 0 Å². The predicted molar refractivity (Wildman–Crippen MR) is 78.9 cm³/mol. The molecule has 0 bridgehead atoms. The van der Waals surface area contributed by atoms with Crippen LogP contribution in [0, 0.1) is 0 Å². The van der Waals surface area contributed by atoms with Gasteiger partial charge in [-0.1, -0.05) is 0 Å². The average Bonchev–Trinajstić information content (AvgIpc) is 2.85. The summed E-state index contributed by atoms with van der Waals surface area (Å²) in [5.41, 5.74) is 6.84. The van der Waals surface area contributed by atoms with E-state index < -0.39 is 10.0 Å². The minimum Gasteiger partial charge on any atom is -0.493 e. The van der Waals surface area contributed by atoms with Crippen molar-refractivity contribution in [2.75, 3.05) is 19.7 Å². The van der Waals surface area contributed by atoms with Gasteiger partial charge in [0.05, 0.1) is 11.5 Å². The molecule has 2 N–H and O–H groups in total. The Morgan fingerprint density at radius 3 is 2.90 bits per heavy atom. The minimum atomic E-state index is -3.42. The molecule has 2 heterocycles. The van der Waals surface area contributed by atoms with Gasteiger partial charge in [0.25, 0.3) is 0 Å². The van der Waals surface area contributed by atoms with Crippen LogP contribution >= 0.6 is 12.4 Å². The third-order valence-corrected chi connectivity index (χ3v) is 5.58. The summed E-state index contributed by atoms with van der Waals surface area (Å²) in [4.78, 5) is 0.353. The second-order valence-corrected chi connectivity index (χ2v) is 7.07. The number of hydrogen-bond acceptors (Lipinski definition) is 4. The number of halogens is 1. The maximum absolute atomic E-state index is 12.6. The van der Waals surface area contributed by atoms with Crippen molar-refractivity contribution in [3.63, 3.8) is 0 Å². The van der Waals surface area contributed by atoms with E-state index in [4.69, 9.17) is 10.5 Å². The van der Waals surface area contributed by atoms with Gasteiger partial charge < -0.3 is 10.5 Å². The molecule has 3 rings (SSSR count). The van der Waals surface area contributed by atoms with Gasteiger partial charge in [-0.05, 0) is 36.6 Å². The van der Waals surface area contributed by atoms with Crippen LogP contribution in [-0.4, -0.2) is 38.5 Å². The van der Waals surface area contributed by atoms with Crippen LogP contribution in [-0.2, 0) is 16.4 Å². The van der Waals surface area contributed by atoms with Crippen LogP contribution in [0.4, 0.5) is 0 Å². The molecular weight excluding hydrogens is 300 g/mol. The number of piperidine rings is 1. The van der Waals surface area contributed by atoms with E-state index >= 15 is 0 Å². The van der Waals surface area contributed by atoms with E-state index in [0.717, 1.165) is 30.6 Å². The lowest BCUT2D eigenvalue weighted by Gasteiger charge is -2.29. The molecular formula is C13H19ClN2O3S. The lowest BCUT2D eigenvalue weighted by molar-refractivity contribution is 0.316. The Morgan fingerprint density at radius 2 is 2.15 bits per heavy atom. The highest BCUT2D eigenvalue weighted by Gasteiger charge is 2.29. The van der Waals surface area contributed by atoms with Crippen molar-refractivity contribution in [3.8, 4) is 5.75 Å². The molecule has 0 aromatic heterocycles. The Hall–Kier alpha value is -0.820. The Morgan fingerprint density at radius 1 is 1.35 bits per heavy atom. The SMILES string of the molecule is Cl.N[C@@H]1CCCN(S(=O)(=O)c2ccc3c(c2)CCO3)C1. The molecule has 1 aromatic carbocycles. The maximum atomic E-state index is 12.6. The standard InChI is InChI=1S/C13H18N2O3S.ClH/c14-11-2-1-6-15(9-11)19(16,17)12-3-4-13-10(8-12)5-7-18-13;/h3-4,8,11H,1-2,5-7,9,14H2;1H/t11-;/m1./s1. The van der Waals surface area contributed by atoms with Gasteiger partial charge in [0, 0.05) is 25.6 Å². The second-order valence-electron chi connectivity index (χ2n) is 5.13. The van der Waals surface area contributed by atoms with Crippen LogP contribution in [0.2, 0.25) is 0 Å². The van der Waals surface area contributed by atoms with Crippen LogP contribution in [0.25, 0.3) is 0 Å². The molecule has 2 aliphatic rings. The highest BCUT2D eigenvalue weighted by molar-refractivity contribution is 7.89. The van der Waals surface area contributed by atoms with Crippen LogP contribution < -0.4 is 10.5 Å². The molecule has 1 fully saturated rings. The van der Waals surface area contributed by atoms with Crippen molar-refractivity contribution in [1.29, 1.82) is 0 Å². The van der Waals surface area contributed by atoms with Gasteiger partial charge >= 0.3 is 0 Å². The lowest BCUT2D eigenvalue weighted by atomic mass is 10.1. The fourth-order valence-corrected chi connectivity index (χ4v) is 4.25. The monoisotopic (exact) mass is 318 g/mol. The molecule has 112 valence electrons. The summed E-state index contributed by atoms with van der Waals surface area (Å²) < 4.78 is 32.0. The molecule has 0 unspecified atom stereocenters. The minimum absolute atomic E-state index is 0. The van der Waals surface area contributed by atoms with Crippen molar-refractivity contribution >= 4 is 22.4 Å². The van der Waals surface area contributed by atoms with Gasteiger partial charge in [0.2, 0.25) is 10.0 Å². The van der Waals surface area contributed by atoms with E-state index in [-0.39, 0.29) is 18.4 Å². The van der Waals surface area contributed by atoms with Gasteiger partial charge in [-0.25, -0.2) is 8.42 Å². The summed E-state index contributed by atoms with van der Waals surface area (Å²) in [5.74, 6) is 0.800. The van der Waals surface area contributed by atoms with Crippen LogP contribution in [0.5, 0.6) is 5.75 Å². The smallest absolute Gasteiger partial charge is 0.243 e. The van der Waals surface area contributed by atoms with E-state index in [2.05, 4.69) is 0 Å². The topological polar surface area (TPSA) is 72.6 Å². The predicted octanol–water partition coefficient (Wildman–Crippen LogP) is 1.16. The summed E-state index contributed by atoms with van der Waals surface area (Å²) in [6.45, 7) is 1.60. The normalized spacial score (nSPS) is 22.8. The van der Waals surface area contributed by atoms with Crippen molar-refractivity contribution in [3.05, 3.63) is 23.8 Å². The number of fused-ring (bicyclic) bond motifs is 1. The molecule has 1 saturated heterocycles. The quantitative estimate of drug-likeness (QED) is 0.888. The molecule has 2 aliphatic heterocycles. The van der Waals surface area contributed by atoms with E-state index in [1.54, 1.807) is 18.2 Å². The van der Waals surface area contributed by atoms with Crippen LogP contribution in [0.1, 0.15) is 18.4 Å². The first-order chi connectivity index (χ1) is 9.07. The lowest BCUT2D eigenvalue weighted by Crippen LogP contribution is -2.45. The van der Waals surface area contributed by atoms with Gasteiger partial charge in [0.1, 0.15) is 5.75 Å². The summed E-state index contributed by atoms with van der Waals surface area (Å²) in [6, 6.07) is 5.05. The summed E-state index contributed by atoms with van der Waals surface area (Å²) in [7, 11) is -3.42. The van der Waals surface area contributed by atoms with E-state index in [1.165, 1.54) is 4.31 Å². The Bertz CT molecular complexity index is 591. The number of nitrogens with two attached hydrogens (primary N) is 1. The third kappa shape index (κ3) is 2.79. The van der Waals surface area contributed by atoms with Crippen molar-refractivity contribution < 1.29 is 13.2 Å². The van der Waals surface area contributed by atoms with E-state index in [0.29, 0.717) is 24.6 Å². The molecule has 0 aliphatic carbocycles. The molecule has 0 spiro atoms. The van der Waals surface area contributed by atoms with Gasteiger partial charge in [-0.3, -0.25) is 0 Å². The first-order valence-corrected chi connectivity index (χ1v) is 8.03. The van der Waals surface area contributed by atoms with E-state index in [9.17, 15) is 8.42 Å². The highest BCUT2D eigenvalue weighted by Crippen LogP contribution is 2.29. The summed E-state index contributed by atoms with van der Waals surface area (Å²) in [6.07, 6.45) is 2.50. The zero-order valence-electron chi connectivity index (χ0n) is 11.1. The number of rotatable bonds is 2. The number of hydrogen-bond donors (Lipinski definition) is 1. The summed E-state index contributed by atoms with van der Waals surface area (Å²) >= 11 is 0. The number of benzene rings is 1. The molecule has 1 aromatic rings. The Balaban J connectivity index is 0.00000147. The average molecular weight is 319 g/mol. The zero-order valence-corrected chi connectivity index (χ0v) is 12.8. The first kappa shape index (κ1) is 15.6. The Kier molecular flexibility index (Phi) is 4.59. The van der Waals surface area contributed by atoms with Crippen molar-refractivity contribution in [2.45, 2.75) is 30.2 Å². The molecule has 1 atom stereocenters. The molecule has 7 heteroatoms. The van der Waals surface area contributed by atoms with Gasteiger partial charge in [0.15, 0.2) is 0 Å². The molecule has 5 nitrogen and oxygen atoms in total. The highest BCUT2D eigenvalue weighted by atomic mass is 35.5. The van der Waals surface area contributed by atoms with Gasteiger partial charge in [-0.2, -0.15) is 4.31 Å². The third-order valence-electron chi connectivity index (χ3n) is 3.72. The maximum Gasteiger partial charge on any atom is 0.243 e. The second kappa shape index (κ2) is 5.89. The molecule has 0 radical (unpaired) electrons. The number of nitrogens with zero attached hydrogens (tertiary/aromatic N) is 1. The zero-order chi connectivity index (χ0) is 13.5. The largest absolute Gasteiger partial charge is 0.493 e. The first-order valence-electron chi connectivity index (χ1n) is 6.59. The molecule has 0 saturated carbocycles. The molecule has 0 amide bonds. The Labute approximate surface area is 125 Å². The number of ether oxygens (including phenoxy) is 1. The van der Waals surface area contributed by atoms with Crippen LogP contribution in [0.15, 0.2) is 23.1 Å². The van der Waals surface area contributed by atoms with Crippen molar-refractivity contribution in [1.82, 2.24) is 4.31 Å². The van der Waals surface area contributed by atoms with Crippen molar-refractivity contribution in [2.24, 2.45) is 5.73 Å². The fourth-order valence-electron chi connectivity index (χ4n) is 2.66. The van der Waals surface area contributed by atoms with E-state index in [1.807, 2.05) is 0 Å². The summed E-state index contributed by atoms with van der Waals surface area (Å²) in [5, 5.41) is 0. The van der Waals surface area contributed by atoms with Gasteiger partial charge in [-0.15, -0.1) is 12.4 Å².